The number of nitrogens with one attached hydrogen (secondary N) is 1. The van der Waals surface area contributed by atoms with Crippen molar-refractivity contribution >= 4 is 17.0 Å². The van der Waals surface area contributed by atoms with Crippen molar-refractivity contribution in [1.29, 1.82) is 5.26 Å². The molecule has 1 aromatic carbocycles. The van der Waals surface area contributed by atoms with E-state index in [9.17, 15) is 9.59 Å². The quantitative estimate of drug-likeness (QED) is 0.842. The molecule has 0 spiro atoms. The molecule has 2 aromatic rings. The van der Waals surface area contributed by atoms with Crippen LogP contribution in [0.25, 0.3) is 11.0 Å². The van der Waals surface area contributed by atoms with E-state index in [-0.39, 0.29) is 24.3 Å². The molecule has 1 N–H and O–H groups in total. The second-order valence-electron chi connectivity index (χ2n) is 4.30. The van der Waals surface area contributed by atoms with Crippen molar-refractivity contribution < 1.29 is 9.53 Å². The van der Waals surface area contributed by atoms with Crippen molar-refractivity contribution in [3.05, 3.63) is 34.2 Å². The summed E-state index contributed by atoms with van der Waals surface area (Å²) in [6.07, 6.45) is 0. The summed E-state index contributed by atoms with van der Waals surface area (Å²) in [7, 11) is 0. The molecule has 2 rings (SSSR count). The lowest BCUT2D eigenvalue weighted by Gasteiger charge is -2.13. The summed E-state index contributed by atoms with van der Waals surface area (Å²) < 4.78 is 6.42. The molecular formula is C13H13N3O3. The van der Waals surface area contributed by atoms with E-state index in [0.29, 0.717) is 16.6 Å². The predicted molar refractivity (Wildman–Crippen MR) is 68.6 cm³/mol. The highest BCUT2D eigenvalue weighted by Gasteiger charge is 2.14. The molecule has 0 radical (unpaired) electrons. The second kappa shape index (κ2) is 4.98. The van der Waals surface area contributed by atoms with Crippen LogP contribution in [0.3, 0.4) is 0 Å². The third kappa shape index (κ3) is 2.50. The maximum atomic E-state index is 11.9. The Hall–Kier alpha value is -2.55. The summed E-state index contributed by atoms with van der Waals surface area (Å²) in [5, 5.41) is 8.82. The molecule has 1 aromatic heterocycles. The van der Waals surface area contributed by atoms with Crippen LogP contribution in [0.5, 0.6) is 0 Å². The molecule has 1 heterocycles. The third-order valence-electron chi connectivity index (χ3n) is 2.81. The van der Waals surface area contributed by atoms with E-state index < -0.39 is 0 Å². The van der Waals surface area contributed by atoms with Gasteiger partial charge in [0, 0.05) is 6.92 Å². The summed E-state index contributed by atoms with van der Waals surface area (Å²) >= 11 is 0. The van der Waals surface area contributed by atoms with Crippen LogP contribution in [-0.2, 0) is 9.53 Å². The van der Waals surface area contributed by atoms with Crippen molar-refractivity contribution in [3.63, 3.8) is 0 Å². The third-order valence-corrected chi connectivity index (χ3v) is 2.81. The Kier molecular flexibility index (Phi) is 3.38. The number of fused-ring (bicyclic) bond motifs is 1. The van der Waals surface area contributed by atoms with Crippen LogP contribution in [0.4, 0.5) is 0 Å². The van der Waals surface area contributed by atoms with Gasteiger partial charge in [0.2, 0.25) is 0 Å². The Bertz CT molecular complexity index is 721. The lowest BCUT2D eigenvalue weighted by molar-refractivity contribution is -0.141. The standard InChI is InChI=1S/C13H13N3O3/c1-8(7-19-9(2)17)16-12-4-3-10(6-14)5-11(12)15-13(16)18/h3-5,8H,7H2,1-2H3,(H,15,18)/t8-/m1/s1. The molecular weight excluding hydrogens is 246 g/mol. The number of nitrogens with zero attached hydrogens (tertiary/aromatic N) is 2. The molecule has 0 fully saturated rings. The first-order chi connectivity index (χ1) is 9.02. The number of hydrogen-bond donors (Lipinski definition) is 1. The zero-order chi connectivity index (χ0) is 14.0. The predicted octanol–water partition coefficient (Wildman–Crippen LogP) is 1.33. The van der Waals surface area contributed by atoms with Crippen LogP contribution >= 0.6 is 0 Å². The number of ether oxygens (including phenoxy) is 1. The molecule has 0 amide bonds. The Balaban J connectivity index is 2.43. The molecule has 0 saturated carbocycles. The van der Waals surface area contributed by atoms with Crippen LogP contribution in [0.15, 0.2) is 23.0 Å². The molecule has 0 unspecified atom stereocenters. The Morgan fingerprint density at radius 2 is 2.32 bits per heavy atom. The maximum Gasteiger partial charge on any atom is 0.326 e. The van der Waals surface area contributed by atoms with Crippen LogP contribution in [0, 0.1) is 11.3 Å². The number of hydrogen-bond acceptors (Lipinski definition) is 4. The largest absolute Gasteiger partial charge is 0.464 e. The van der Waals surface area contributed by atoms with Crippen molar-refractivity contribution in [3.8, 4) is 6.07 Å². The van der Waals surface area contributed by atoms with Crippen LogP contribution in [0.1, 0.15) is 25.5 Å². The van der Waals surface area contributed by atoms with Crippen molar-refractivity contribution in [2.75, 3.05) is 6.61 Å². The molecule has 98 valence electrons. The molecule has 6 nitrogen and oxygen atoms in total. The van der Waals surface area contributed by atoms with Gasteiger partial charge in [0.05, 0.1) is 28.7 Å². The minimum atomic E-state index is -0.383. The molecule has 0 bridgehead atoms. The molecule has 0 saturated heterocycles. The molecule has 0 aliphatic heterocycles. The molecule has 0 aliphatic carbocycles. The maximum absolute atomic E-state index is 11.9. The highest BCUT2D eigenvalue weighted by Crippen LogP contribution is 2.16. The first-order valence-electron chi connectivity index (χ1n) is 5.80. The van der Waals surface area contributed by atoms with Gasteiger partial charge in [-0.1, -0.05) is 0 Å². The minimum absolute atomic E-state index is 0.127. The molecule has 6 heteroatoms. The first kappa shape index (κ1) is 12.9. The summed E-state index contributed by atoms with van der Waals surface area (Å²) in [5.74, 6) is -0.383. The van der Waals surface area contributed by atoms with Crippen LogP contribution in [0.2, 0.25) is 0 Å². The number of rotatable bonds is 3. The van der Waals surface area contributed by atoms with Gasteiger partial charge in [-0.25, -0.2) is 4.79 Å². The highest BCUT2D eigenvalue weighted by atomic mass is 16.5. The zero-order valence-electron chi connectivity index (χ0n) is 10.6. The second-order valence-corrected chi connectivity index (χ2v) is 4.30. The van der Waals surface area contributed by atoms with Gasteiger partial charge in [0.15, 0.2) is 0 Å². The van der Waals surface area contributed by atoms with Gasteiger partial charge in [-0.3, -0.25) is 9.36 Å². The van der Waals surface area contributed by atoms with Gasteiger partial charge in [0.1, 0.15) is 6.61 Å². The SMILES string of the molecule is CC(=O)OC[C@@H](C)n1c(=O)[nH]c2cc(C#N)ccc21. The van der Waals surface area contributed by atoms with Gasteiger partial charge in [-0.05, 0) is 25.1 Å². The Morgan fingerprint density at radius 1 is 1.58 bits per heavy atom. The number of aromatic amines is 1. The highest BCUT2D eigenvalue weighted by molar-refractivity contribution is 5.77. The summed E-state index contributed by atoms with van der Waals surface area (Å²) in [4.78, 5) is 25.4. The normalized spacial score (nSPS) is 12.1. The fourth-order valence-corrected chi connectivity index (χ4v) is 1.95. The van der Waals surface area contributed by atoms with E-state index in [4.69, 9.17) is 10.00 Å². The fourth-order valence-electron chi connectivity index (χ4n) is 1.95. The number of carbonyl (C=O) groups excluding carboxylic acids is 1. The lowest BCUT2D eigenvalue weighted by atomic mass is 10.2. The fraction of sp³-hybridized carbons (Fsp3) is 0.308. The number of nitriles is 1. The van der Waals surface area contributed by atoms with Crippen molar-refractivity contribution in [1.82, 2.24) is 9.55 Å². The minimum Gasteiger partial charge on any atom is -0.464 e. The van der Waals surface area contributed by atoms with Gasteiger partial charge in [-0.2, -0.15) is 5.26 Å². The number of imidazole rings is 1. The van der Waals surface area contributed by atoms with E-state index >= 15 is 0 Å². The number of esters is 1. The van der Waals surface area contributed by atoms with Gasteiger partial charge in [-0.15, -0.1) is 0 Å². The number of benzene rings is 1. The Labute approximate surface area is 109 Å². The summed E-state index contributed by atoms with van der Waals surface area (Å²) in [5.41, 5.74) is 1.47. The summed E-state index contributed by atoms with van der Waals surface area (Å²) in [6.45, 7) is 3.24. The molecule has 19 heavy (non-hydrogen) atoms. The monoisotopic (exact) mass is 259 g/mol. The lowest BCUT2D eigenvalue weighted by Crippen LogP contribution is -2.24. The number of H-pyrrole nitrogens is 1. The smallest absolute Gasteiger partial charge is 0.326 e. The van der Waals surface area contributed by atoms with E-state index in [1.54, 1.807) is 25.1 Å². The van der Waals surface area contributed by atoms with E-state index in [0.717, 1.165) is 0 Å². The van der Waals surface area contributed by atoms with Crippen LogP contribution in [-0.4, -0.2) is 22.1 Å². The van der Waals surface area contributed by atoms with Gasteiger partial charge >= 0.3 is 11.7 Å². The van der Waals surface area contributed by atoms with Crippen molar-refractivity contribution in [2.24, 2.45) is 0 Å². The number of aromatic nitrogens is 2. The van der Waals surface area contributed by atoms with E-state index in [1.165, 1.54) is 11.5 Å². The average Bonchev–Trinajstić information content (AvgIpc) is 2.70. The Morgan fingerprint density at radius 3 is 2.95 bits per heavy atom. The molecule has 1 atom stereocenters. The van der Waals surface area contributed by atoms with E-state index in [1.807, 2.05) is 6.07 Å². The molecule has 0 aliphatic rings. The first-order valence-corrected chi connectivity index (χ1v) is 5.80. The van der Waals surface area contributed by atoms with Crippen LogP contribution < -0.4 is 5.69 Å². The van der Waals surface area contributed by atoms with Crippen molar-refractivity contribution in [2.45, 2.75) is 19.9 Å². The topological polar surface area (TPSA) is 87.9 Å². The number of carbonyl (C=O) groups is 1. The average molecular weight is 259 g/mol. The van der Waals surface area contributed by atoms with Gasteiger partial charge < -0.3 is 9.72 Å². The van der Waals surface area contributed by atoms with Gasteiger partial charge in [0.25, 0.3) is 0 Å². The summed E-state index contributed by atoms with van der Waals surface area (Å²) in [6, 6.07) is 6.70. The zero-order valence-corrected chi connectivity index (χ0v) is 10.6. The van der Waals surface area contributed by atoms with E-state index in [2.05, 4.69) is 4.98 Å².